The lowest BCUT2D eigenvalue weighted by Crippen LogP contribution is -2.36. The van der Waals surface area contributed by atoms with Gasteiger partial charge in [0.25, 0.3) is 0 Å². The zero-order valence-electron chi connectivity index (χ0n) is 14.8. The van der Waals surface area contributed by atoms with Crippen LogP contribution >= 0.6 is 0 Å². The quantitative estimate of drug-likeness (QED) is 0.718. The smallest absolute Gasteiger partial charge is 0.227 e. The standard InChI is InChI=1S/C19H28N2O3/c1-13(22)11-19(2,3)12-20-17(23)9-8-15-10-14-6-4-5-7-16(14)21-18(15)24/h4-7,13,15,22H,8-12H2,1-3H3,(H,20,23)(H,21,24). The van der Waals surface area contributed by atoms with Gasteiger partial charge in [0.15, 0.2) is 0 Å². The molecule has 1 aliphatic heterocycles. The summed E-state index contributed by atoms with van der Waals surface area (Å²) < 4.78 is 0. The molecule has 0 spiro atoms. The Labute approximate surface area is 143 Å². The summed E-state index contributed by atoms with van der Waals surface area (Å²) in [4.78, 5) is 24.2. The van der Waals surface area contributed by atoms with Crippen LogP contribution < -0.4 is 10.6 Å². The summed E-state index contributed by atoms with van der Waals surface area (Å²) in [5.74, 6) is -0.201. The summed E-state index contributed by atoms with van der Waals surface area (Å²) >= 11 is 0. The summed E-state index contributed by atoms with van der Waals surface area (Å²) in [5.41, 5.74) is 1.86. The van der Waals surface area contributed by atoms with Gasteiger partial charge in [-0.3, -0.25) is 9.59 Å². The summed E-state index contributed by atoms with van der Waals surface area (Å²) in [5, 5.41) is 15.3. The number of benzene rings is 1. The second-order valence-corrected chi connectivity index (χ2v) is 7.58. The first-order valence-electron chi connectivity index (χ1n) is 8.60. The highest BCUT2D eigenvalue weighted by Gasteiger charge is 2.26. The first-order chi connectivity index (χ1) is 11.3. The Morgan fingerprint density at radius 2 is 2.12 bits per heavy atom. The van der Waals surface area contributed by atoms with Crippen molar-refractivity contribution < 1.29 is 14.7 Å². The van der Waals surface area contributed by atoms with Crippen molar-refractivity contribution >= 4 is 17.5 Å². The second-order valence-electron chi connectivity index (χ2n) is 7.58. The molecular formula is C19H28N2O3. The minimum absolute atomic E-state index is 0.00376. The Bertz CT molecular complexity index is 596. The van der Waals surface area contributed by atoms with E-state index in [9.17, 15) is 14.7 Å². The zero-order valence-corrected chi connectivity index (χ0v) is 14.8. The van der Waals surface area contributed by atoms with E-state index in [2.05, 4.69) is 10.6 Å². The predicted octanol–water partition coefficient (Wildman–Crippen LogP) is 2.49. The van der Waals surface area contributed by atoms with Crippen LogP contribution in [0.3, 0.4) is 0 Å². The highest BCUT2D eigenvalue weighted by molar-refractivity contribution is 5.96. The number of carbonyl (C=O) groups is 2. The number of rotatable bonds is 7. The van der Waals surface area contributed by atoms with Gasteiger partial charge in [-0.2, -0.15) is 0 Å². The molecule has 1 aliphatic rings. The molecule has 0 bridgehead atoms. The number of aliphatic hydroxyl groups is 1. The number of amides is 2. The van der Waals surface area contributed by atoms with Gasteiger partial charge in [0.1, 0.15) is 0 Å². The van der Waals surface area contributed by atoms with Crippen molar-refractivity contribution in [2.45, 2.75) is 52.6 Å². The molecule has 2 rings (SSSR count). The number of nitrogens with one attached hydrogen (secondary N) is 2. The molecule has 3 N–H and O–H groups in total. The molecule has 2 atom stereocenters. The van der Waals surface area contributed by atoms with Gasteiger partial charge in [-0.1, -0.05) is 32.0 Å². The molecule has 0 fully saturated rings. The molecule has 24 heavy (non-hydrogen) atoms. The van der Waals surface area contributed by atoms with E-state index in [1.807, 2.05) is 38.1 Å². The van der Waals surface area contributed by atoms with Gasteiger partial charge in [-0.05, 0) is 43.2 Å². The average Bonchev–Trinajstić information content (AvgIpc) is 2.49. The third-order valence-corrected chi connectivity index (χ3v) is 4.44. The van der Waals surface area contributed by atoms with E-state index < -0.39 is 0 Å². The Hall–Kier alpha value is -1.88. The topological polar surface area (TPSA) is 78.4 Å². The largest absolute Gasteiger partial charge is 0.393 e. The average molecular weight is 332 g/mol. The monoisotopic (exact) mass is 332 g/mol. The first kappa shape index (κ1) is 18.5. The van der Waals surface area contributed by atoms with Crippen LogP contribution in [0.2, 0.25) is 0 Å². The molecule has 132 valence electrons. The highest BCUT2D eigenvalue weighted by Crippen LogP contribution is 2.27. The molecule has 0 aromatic heterocycles. The van der Waals surface area contributed by atoms with Crippen LogP contribution in [0.1, 0.15) is 45.6 Å². The van der Waals surface area contributed by atoms with Crippen LogP contribution in [-0.4, -0.2) is 29.6 Å². The third kappa shape index (κ3) is 5.34. The van der Waals surface area contributed by atoms with Gasteiger partial charge in [0.05, 0.1) is 6.10 Å². The van der Waals surface area contributed by atoms with Gasteiger partial charge in [0.2, 0.25) is 11.8 Å². The number of carbonyl (C=O) groups excluding carboxylic acids is 2. The fourth-order valence-electron chi connectivity index (χ4n) is 3.25. The van der Waals surface area contributed by atoms with Crippen molar-refractivity contribution in [3.8, 4) is 0 Å². The van der Waals surface area contributed by atoms with Crippen molar-refractivity contribution in [2.24, 2.45) is 11.3 Å². The lowest BCUT2D eigenvalue weighted by molar-refractivity contribution is -0.123. The number of hydrogen-bond donors (Lipinski definition) is 3. The Kier molecular flexibility index (Phi) is 5.99. The lowest BCUT2D eigenvalue weighted by atomic mass is 9.86. The van der Waals surface area contributed by atoms with E-state index in [0.717, 1.165) is 11.3 Å². The molecule has 5 heteroatoms. The Morgan fingerprint density at radius 1 is 1.42 bits per heavy atom. The number of hydrogen-bond acceptors (Lipinski definition) is 3. The zero-order chi connectivity index (χ0) is 17.7. The molecule has 1 aromatic carbocycles. The highest BCUT2D eigenvalue weighted by atomic mass is 16.3. The summed E-state index contributed by atoms with van der Waals surface area (Å²) in [7, 11) is 0. The minimum Gasteiger partial charge on any atom is -0.393 e. The molecule has 0 radical (unpaired) electrons. The maximum Gasteiger partial charge on any atom is 0.227 e. The molecule has 0 saturated heterocycles. The second kappa shape index (κ2) is 7.79. The van der Waals surface area contributed by atoms with Crippen molar-refractivity contribution in [3.63, 3.8) is 0 Å². The maximum absolute atomic E-state index is 12.1. The Balaban J connectivity index is 1.79. The predicted molar refractivity (Wildman–Crippen MR) is 94.6 cm³/mol. The van der Waals surface area contributed by atoms with E-state index in [4.69, 9.17) is 0 Å². The number of aliphatic hydroxyl groups excluding tert-OH is 1. The van der Waals surface area contributed by atoms with Crippen molar-refractivity contribution in [3.05, 3.63) is 29.8 Å². The van der Waals surface area contributed by atoms with E-state index in [1.54, 1.807) is 6.92 Å². The van der Waals surface area contributed by atoms with Crippen LogP contribution in [-0.2, 0) is 16.0 Å². The first-order valence-corrected chi connectivity index (χ1v) is 8.60. The number of para-hydroxylation sites is 1. The fraction of sp³-hybridized carbons (Fsp3) is 0.579. The SMILES string of the molecule is CC(O)CC(C)(C)CNC(=O)CCC1Cc2ccccc2NC1=O. The van der Waals surface area contributed by atoms with Gasteiger partial charge in [-0.25, -0.2) is 0 Å². The van der Waals surface area contributed by atoms with Crippen molar-refractivity contribution in [2.75, 3.05) is 11.9 Å². The van der Waals surface area contributed by atoms with Crippen LogP contribution in [0.25, 0.3) is 0 Å². The van der Waals surface area contributed by atoms with Crippen LogP contribution in [0, 0.1) is 11.3 Å². The number of fused-ring (bicyclic) bond motifs is 1. The third-order valence-electron chi connectivity index (χ3n) is 4.44. The summed E-state index contributed by atoms with van der Waals surface area (Å²) in [6, 6.07) is 7.78. The summed E-state index contributed by atoms with van der Waals surface area (Å²) in [6.45, 7) is 6.32. The van der Waals surface area contributed by atoms with Crippen LogP contribution in [0.4, 0.5) is 5.69 Å². The van der Waals surface area contributed by atoms with Gasteiger partial charge < -0.3 is 15.7 Å². The molecule has 5 nitrogen and oxygen atoms in total. The molecule has 1 heterocycles. The van der Waals surface area contributed by atoms with E-state index in [0.29, 0.717) is 32.2 Å². The molecule has 0 saturated carbocycles. The van der Waals surface area contributed by atoms with Gasteiger partial charge >= 0.3 is 0 Å². The van der Waals surface area contributed by atoms with Crippen molar-refractivity contribution in [1.29, 1.82) is 0 Å². The molecular weight excluding hydrogens is 304 g/mol. The molecule has 1 aromatic rings. The Morgan fingerprint density at radius 3 is 2.83 bits per heavy atom. The van der Waals surface area contributed by atoms with Crippen LogP contribution in [0.5, 0.6) is 0 Å². The molecule has 2 amide bonds. The molecule has 2 unspecified atom stereocenters. The van der Waals surface area contributed by atoms with Gasteiger partial charge in [-0.15, -0.1) is 0 Å². The van der Waals surface area contributed by atoms with E-state index in [1.165, 1.54) is 0 Å². The lowest BCUT2D eigenvalue weighted by Gasteiger charge is -2.27. The summed E-state index contributed by atoms with van der Waals surface area (Å²) in [6.07, 6.45) is 1.81. The minimum atomic E-state index is -0.386. The van der Waals surface area contributed by atoms with E-state index >= 15 is 0 Å². The van der Waals surface area contributed by atoms with Gasteiger partial charge in [0, 0.05) is 24.6 Å². The normalized spacial score (nSPS) is 18.5. The molecule has 0 aliphatic carbocycles. The van der Waals surface area contributed by atoms with Crippen LogP contribution in [0.15, 0.2) is 24.3 Å². The number of anilines is 1. The maximum atomic E-state index is 12.1. The van der Waals surface area contributed by atoms with Crippen molar-refractivity contribution in [1.82, 2.24) is 5.32 Å². The van der Waals surface area contributed by atoms with E-state index in [-0.39, 0.29) is 29.3 Å². The fourth-order valence-corrected chi connectivity index (χ4v) is 3.25.